The van der Waals surface area contributed by atoms with E-state index in [-0.39, 0.29) is 23.9 Å². The third-order valence-electron chi connectivity index (χ3n) is 5.67. The summed E-state index contributed by atoms with van der Waals surface area (Å²) in [6.45, 7) is 2.65. The zero-order valence-electron chi connectivity index (χ0n) is 16.4. The van der Waals surface area contributed by atoms with E-state index in [1.54, 1.807) is 12.3 Å². The van der Waals surface area contributed by atoms with Gasteiger partial charge in [0.2, 0.25) is 5.91 Å². The molecular formula is C22H22F2N4O2. The summed E-state index contributed by atoms with van der Waals surface area (Å²) >= 11 is 0. The number of hydrogen-bond donors (Lipinski definition) is 2. The lowest BCUT2D eigenvalue weighted by Crippen LogP contribution is -2.36. The largest absolute Gasteiger partial charge is 0.379 e. The number of H-pyrrole nitrogens is 1. The Bertz CT molecular complexity index is 1080. The highest BCUT2D eigenvalue weighted by atomic mass is 19.1. The summed E-state index contributed by atoms with van der Waals surface area (Å²) in [6, 6.07) is 6.19. The predicted molar refractivity (Wildman–Crippen MR) is 109 cm³/mol. The number of aromatic amines is 1. The Labute approximate surface area is 172 Å². The third-order valence-corrected chi connectivity index (χ3v) is 5.67. The number of nitrogens with one attached hydrogen (secondary N) is 2. The minimum Gasteiger partial charge on any atom is -0.379 e. The molecule has 0 atom stereocenters. The molecule has 6 nitrogen and oxygen atoms in total. The Morgan fingerprint density at radius 3 is 2.63 bits per heavy atom. The van der Waals surface area contributed by atoms with E-state index in [4.69, 9.17) is 4.74 Å². The molecule has 0 radical (unpaired) electrons. The van der Waals surface area contributed by atoms with Gasteiger partial charge in [0.15, 0.2) is 0 Å². The minimum atomic E-state index is -0.583. The maximum atomic E-state index is 14.9. The molecule has 1 amide bonds. The van der Waals surface area contributed by atoms with E-state index in [2.05, 4.69) is 15.3 Å². The number of rotatable bonds is 5. The molecule has 2 aromatic heterocycles. The van der Waals surface area contributed by atoms with Crippen LogP contribution >= 0.6 is 0 Å². The highest BCUT2D eigenvalue weighted by Gasteiger charge is 2.30. The van der Waals surface area contributed by atoms with Crippen LogP contribution in [0, 0.1) is 17.6 Å². The highest BCUT2D eigenvalue weighted by molar-refractivity contribution is 5.98. The van der Waals surface area contributed by atoms with E-state index in [1.807, 2.05) is 11.0 Å². The fourth-order valence-electron chi connectivity index (χ4n) is 3.81. The van der Waals surface area contributed by atoms with Gasteiger partial charge in [-0.25, -0.2) is 13.8 Å². The number of nitrogens with zero attached hydrogens (tertiary/aromatic N) is 2. The van der Waals surface area contributed by atoms with Crippen LogP contribution in [0.5, 0.6) is 0 Å². The number of morpholine rings is 1. The SMILES string of the molecule is O=C(Nc1cc(-c2cc(F)c(CN3CCOCC3)c(F)c2)c2cc[nH]c2n1)C1CC1. The van der Waals surface area contributed by atoms with Crippen LogP contribution in [0.2, 0.25) is 0 Å². The number of aromatic nitrogens is 2. The van der Waals surface area contributed by atoms with Gasteiger partial charge in [-0.3, -0.25) is 9.69 Å². The highest BCUT2D eigenvalue weighted by Crippen LogP contribution is 2.34. The van der Waals surface area contributed by atoms with Gasteiger partial charge in [-0.2, -0.15) is 0 Å². The van der Waals surface area contributed by atoms with Gasteiger partial charge in [0.05, 0.1) is 13.2 Å². The maximum absolute atomic E-state index is 14.9. The first kappa shape index (κ1) is 19.1. The van der Waals surface area contributed by atoms with Crippen molar-refractivity contribution in [3.63, 3.8) is 0 Å². The van der Waals surface area contributed by atoms with Crippen molar-refractivity contribution in [2.75, 3.05) is 31.6 Å². The van der Waals surface area contributed by atoms with Crippen molar-refractivity contribution in [3.05, 3.63) is 47.7 Å². The average molecular weight is 412 g/mol. The molecule has 1 aliphatic carbocycles. The number of fused-ring (bicyclic) bond motifs is 1. The molecule has 2 N–H and O–H groups in total. The second kappa shape index (κ2) is 7.77. The van der Waals surface area contributed by atoms with Gasteiger partial charge in [0, 0.05) is 42.7 Å². The number of benzene rings is 1. The number of ether oxygens (including phenoxy) is 1. The molecule has 0 bridgehead atoms. The molecule has 3 heterocycles. The van der Waals surface area contributed by atoms with Crippen LogP contribution in [0.25, 0.3) is 22.2 Å². The summed E-state index contributed by atoms with van der Waals surface area (Å²) in [7, 11) is 0. The van der Waals surface area contributed by atoms with E-state index < -0.39 is 11.6 Å². The Kier molecular flexibility index (Phi) is 4.96. The molecule has 1 saturated heterocycles. The number of anilines is 1. The summed E-state index contributed by atoms with van der Waals surface area (Å²) in [5.74, 6) is -0.835. The molecule has 8 heteroatoms. The van der Waals surface area contributed by atoms with Gasteiger partial charge in [-0.1, -0.05) is 0 Å². The molecule has 1 aliphatic heterocycles. The van der Waals surface area contributed by atoms with Crippen LogP contribution in [0.4, 0.5) is 14.6 Å². The van der Waals surface area contributed by atoms with Crippen LogP contribution in [-0.2, 0) is 16.1 Å². The van der Waals surface area contributed by atoms with Crippen LogP contribution < -0.4 is 5.32 Å². The van der Waals surface area contributed by atoms with E-state index in [9.17, 15) is 13.6 Å². The molecular weight excluding hydrogens is 390 g/mol. The van der Waals surface area contributed by atoms with Crippen molar-refractivity contribution < 1.29 is 18.3 Å². The molecule has 0 spiro atoms. The van der Waals surface area contributed by atoms with E-state index in [0.29, 0.717) is 48.9 Å². The zero-order chi connectivity index (χ0) is 20.7. The first-order valence-corrected chi connectivity index (χ1v) is 10.2. The quantitative estimate of drug-likeness (QED) is 0.671. The lowest BCUT2D eigenvalue weighted by Gasteiger charge is -2.27. The molecule has 1 aromatic carbocycles. The Hall–Kier alpha value is -2.84. The van der Waals surface area contributed by atoms with Crippen LogP contribution in [-0.4, -0.2) is 47.1 Å². The molecule has 2 fully saturated rings. The molecule has 2 aliphatic rings. The number of carbonyl (C=O) groups excluding carboxylic acids is 1. The second-order valence-corrected chi connectivity index (χ2v) is 7.87. The molecule has 5 rings (SSSR count). The number of carbonyl (C=O) groups is 1. The summed E-state index contributed by atoms with van der Waals surface area (Å²) in [5, 5.41) is 3.55. The lowest BCUT2D eigenvalue weighted by molar-refractivity contribution is -0.117. The Balaban J connectivity index is 1.49. The number of hydrogen-bond acceptors (Lipinski definition) is 4. The standard InChI is InChI=1S/C22H22F2N4O2/c23-18-9-14(10-19(24)17(18)12-28-5-7-30-8-6-28)16-11-20(27-22(29)13-1-2-13)26-21-15(16)3-4-25-21/h3-4,9-11,13H,1-2,5-8,12H2,(H2,25,26,27,29). The summed E-state index contributed by atoms with van der Waals surface area (Å²) in [4.78, 5) is 21.6. The fraction of sp³-hybridized carbons (Fsp3) is 0.364. The van der Waals surface area contributed by atoms with Crippen molar-refractivity contribution in [1.82, 2.24) is 14.9 Å². The van der Waals surface area contributed by atoms with Crippen LogP contribution in [0.3, 0.4) is 0 Å². The second-order valence-electron chi connectivity index (χ2n) is 7.87. The van der Waals surface area contributed by atoms with E-state index in [0.717, 1.165) is 18.2 Å². The van der Waals surface area contributed by atoms with Crippen LogP contribution in [0.15, 0.2) is 30.5 Å². The van der Waals surface area contributed by atoms with Gasteiger partial charge in [-0.15, -0.1) is 0 Å². The minimum absolute atomic E-state index is 0.0314. The maximum Gasteiger partial charge on any atom is 0.228 e. The first-order chi connectivity index (χ1) is 14.6. The fourth-order valence-corrected chi connectivity index (χ4v) is 3.81. The summed E-state index contributed by atoms with van der Waals surface area (Å²) in [6.07, 6.45) is 3.47. The van der Waals surface area contributed by atoms with Gasteiger partial charge < -0.3 is 15.0 Å². The van der Waals surface area contributed by atoms with Crippen molar-refractivity contribution in [1.29, 1.82) is 0 Å². The number of halogens is 2. The average Bonchev–Trinajstić information content (AvgIpc) is 3.49. The monoisotopic (exact) mass is 412 g/mol. The molecule has 0 unspecified atom stereocenters. The molecule has 1 saturated carbocycles. The Morgan fingerprint density at radius 1 is 1.20 bits per heavy atom. The lowest BCUT2D eigenvalue weighted by atomic mass is 10.0. The smallest absolute Gasteiger partial charge is 0.228 e. The predicted octanol–water partition coefficient (Wildman–Crippen LogP) is 3.69. The molecule has 156 valence electrons. The first-order valence-electron chi connectivity index (χ1n) is 10.2. The van der Waals surface area contributed by atoms with Gasteiger partial charge in [0.25, 0.3) is 0 Å². The molecule has 3 aromatic rings. The van der Waals surface area contributed by atoms with E-state index in [1.165, 1.54) is 12.1 Å². The van der Waals surface area contributed by atoms with Gasteiger partial charge in [-0.05, 0) is 48.2 Å². The summed E-state index contributed by atoms with van der Waals surface area (Å²) in [5.41, 5.74) is 1.63. The number of pyridine rings is 1. The topological polar surface area (TPSA) is 70.2 Å². The zero-order valence-corrected chi connectivity index (χ0v) is 16.4. The van der Waals surface area contributed by atoms with Crippen molar-refractivity contribution in [2.45, 2.75) is 19.4 Å². The van der Waals surface area contributed by atoms with Crippen molar-refractivity contribution in [3.8, 4) is 11.1 Å². The molecule has 30 heavy (non-hydrogen) atoms. The van der Waals surface area contributed by atoms with E-state index >= 15 is 0 Å². The van der Waals surface area contributed by atoms with Gasteiger partial charge >= 0.3 is 0 Å². The number of amides is 1. The van der Waals surface area contributed by atoms with Crippen molar-refractivity contribution in [2.24, 2.45) is 5.92 Å². The normalized spacial score (nSPS) is 17.4. The van der Waals surface area contributed by atoms with Crippen molar-refractivity contribution >= 4 is 22.8 Å². The summed E-state index contributed by atoms with van der Waals surface area (Å²) < 4.78 is 35.1. The van der Waals surface area contributed by atoms with Crippen LogP contribution in [0.1, 0.15) is 18.4 Å². The Morgan fingerprint density at radius 2 is 1.93 bits per heavy atom. The third kappa shape index (κ3) is 3.80. The van der Waals surface area contributed by atoms with Gasteiger partial charge in [0.1, 0.15) is 23.1 Å².